The zero-order chi connectivity index (χ0) is 7.40. The summed E-state index contributed by atoms with van der Waals surface area (Å²) in [6.45, 7) is 9.26. The highest BCUT2D eigenvalue weighted by atomic mass is 15.0. The zero-order valence-electron chi connectivity index (χ0n) is 5.98. The summed E-state index contributed by atoms with van der Waals surface area (Å²) in [4.78, 5) is 0. The molecule has 0 saturated carbocycles. The molecule has 10 heavy (non-hydrogen) atoms. The molecular formula is C8H12N2. The minimum absolute atomic E-state index is 0.957. The molecule has 0 atom stereocenters. The molecule has 0 aliphatic carbocycles. The van der Waals surface area contributed by atoms with Gasteiger partial charge in [0.15, 0.2) is 0 Å². The van der Waals surface area contributed by atoms with Crippen LogP contribution in [0.4, 0.5) is 0 Å². The molecule has 0 saturated heterocycles. The maximum atomic E-state index is 3.67. The first-order chi connectivity index (χ1) is 4.88. The van der Waals surface area contributed by atoms with E-state index < -0.39 is 0 Å². The molecule has 0 unspecified atom stereocenters. The second-order valence-electron chi connectivity index (χ2n) is 2.09. The maximum Gasteiger partial charge on any atom is 0.0570 e. The summed E-state index contributed by atoms with van der Waals surface area (Å²) in [5.74, 6) is 0. The molecule has 1 aliphatic rings. The number of hydrogen-bond donors (Lipinski definition) is 2. The van der Waals surface area contributed by atoms with E-state index in [1.807, 2.05) is 0 Å². The molecule has 0 bridgehead atoms. The minimum Gasteiger partial charge on any atom is -0.382 e. The molecule has 0 aromatic rings. The minimum atomic E-state index is 0.957. The van der Waals surface area contributed by atoms with Crippen LogP contribution in [-0.4, -0.2) is 13.1 Å². The van der Waals surface area contributed by atoms with Crippen molar-refractivity contribution in [2.45, 2.75) is 0 Å². The molecule has 0 amide bonds. The lowest BCUT2D eigenvalue weighted by Crippen LogP contribution is -2.33. The van der Waals surface area contributed by atoms with Gasteiger partial charge < -0.3 is 10.6 Å². The monoisotopic (exact) mass is 136 g/mol. The van der Waals surface area contributed by atoms with Crippen molar-refractivity contribution >= 4 is 0 Å². The van der Waals surface area contributed by atoms with Gasteiger partial charge in [0.25, 0.3) is 0 Å². The van der Waals surface area contributed by atoms with E-state index in [-0.39, 0.29) is 0 Å². The summed E-state index contributed by atoms with van der Waals surface area (Å²) in [5, 5.41) is 6.40. The van der Waals surface area contributed by atoms with E-state index in [2.05, 4.69) is 23.8 Å². The van der Waals surface area contributed by atoms with E-state index in [0.717, 1.165) is 24.5 Å². The van der Waals surface area contributed by atoms with Crippen LogP contribution < -0.4 is 10.6 Å². The van der Waals surface area contributed by atoms with Gasteiger partial charge in [0, 0.05) is 13.1 Å². The van der Waals surface area contributed by atoms with E-state index in [1.165, 1.54) is 0 Å². The van der Waals surface area contributed by atoms with Gasteiger partial charge in [0.1, 0.15) is 0 Å². The normalized spacial score (nSPS) is 17.2. The highest BCUT2D eigenvalue weighted by Crippen LogP contribution is 2.02. The molecule has 1 heterocycles. The predicted molar refractivity (Wildman–Crippen MR) is 43.4 cm³/mol. The highest BCUT2D eigenvalue weighted by Gasteiger charge is 2.03. The van der Waals surface area contributed by atoms with E-state index in [9.17, 15) is 0 Å². The third-order valence-electron chi connectivity index (χ3n) is 1.45. The summed E-state index contributed by atoms with van der Waals surface area (Å²) in [6, 6.07) is 0. The third kappa shape index (κ3) is 1.21. The van der Waals surface area contributed by atoms with Crippen molar-refractivity contribution in [1.29, 1.82) is 0 Å². The van der Waals surface area contributed by atoms with Crippen molar-refractivity contribution < 1.29 is 0 Å². The summed E-state index contributed by atoms with van der Waals surface area (Å²) < 4.78 is 0. The molecule has 54 valence electrons. The van der Waals surface area contributed by atoms with Crippen LogP contribution in [0.5, 0.6) is 0 Å². The fourth-order valence-corrected chi connectivity index (χ4v) is 0.949. The maximum absolute atomic E-state index is 3.67. The molecule has 0 fully saturated rings. The predicted octanol–water partition coefficient (Wildman–Crippen LogP) is 0.763. The molecular weight excluding hydrogens is 124 g/mol. The van der Waals surface area contributed by atoms with Crippen molar-refractivity contribution in [2.24, 2.45) is 0 Å². The Morgan fingerprint density at radius 1 is 1.00 bits per heavy atom. The first kappa shape index (κ1) is 6.93. The van der Waals surface area contributed by atoms with Crippen LogP contribution in [0.25, 0.3) is 0 Å². The molecule has 2 nitrogen and oxygen atoms in total. The lowest BCUT2D eigenvalue weighted by molar-refractivity contribution is 0.676. The number of nitrogens with one attached hydrogen (secondary N) is 2. The van der Waals surface area contributed by atoms with E-state index >= 15 is 0 Å². The molecule has 2 heteroatoms. The van der Waals surface area contributed by atoms with Crippen LogP contribution in [0, 0.1) is 0 Å². The van der Waals surface area contributed by atoms with E-state index in [1.54, 1.807) is 12.2 Å². The Morgan fingerprint density at radius 2 is 1.40 bits per heavy atom. The second kappa shape index (κ2) is 3.11. The smallest absolute Gasteiger partial charge is 0.0570 e. The third-order valence-corrected chi connectivity index (χ3v) is 1.45. The molecule has 1 aliphatic heterocycles. The molecule has 0 radical (unpaired) electrons. The van der Waals surface area contributed by atoms with Gasteiger partial charge >= 0.3 is 0 Å². The summed E-state index contributed by atoms with van der Waals surface area (Å²) in [5.41, 5.74) is 2.09. The number of hydrogen-bond acceptors (Lipinski definition) is 2. The Balaban J connectivity index is 2.81. The molecule has 2 N–H and O–H groups in total. The van der Waals surface area contributed by atoms with Crippen molar-refractivity contribution in [2.75, 3.05) is 13.1 Å². The Hall–Kier alpha value is -1.18. The largest absolute Gasteiger partial charge is 0.382 e. The van der Waals surface area contributed by atoms with Crippen LogP contribution in [-0.2, 0) is 0 Å². The van der Waals surface area contributed by atoms with Crippen LogP contribution in [0.2, 0.25) is 0 Å². The van der Waals surface area contributed by atoms with Gasteiger partial charge in [-0.15, -0.1) is 0 Å². The Labute approximate surface area is 61.3 Å². The quantitative estimate of drug-likeness (QED) is 0.585. The SMILES string of the molecule is C=CC1=C(C=C)NCCN1. The molecule has 0 spiro atoms. The Kier molecular flexibility index (Phi) is 2.15. The van der Waals surface area contributed by atoms with Crippen molar-refractivity contribution in [1.82, 2.24) is 10.6 Å². The summed E-state index contributed by atoms with van der Waals surface area (Å²) in [6.07, 6.45) is 3.59. The Bertz CT molecular complexity index is 160. The van der Waals surface area contributed by atoms with Gasteiger partial charge in [-0.05, 0) is 12.2 Å². The Morgan fingerprint density at radius 3 is 1.70 bits per heavy atom. The first-order valence-electron chi connectivity index (χ1n) is 3.35. The van der Waals surface area contributed by atoms with Gasteiger partial charge in [0.2, 0.25) is 0 Å². The van der Waals surface area contributed by atoms with Gasteiger partial charge in [-0.25, -0.2) is 0 Å². The van der Waals surface area contributed by atoms with Crippen molar-refractivity contribution in [3.8, 4) is 0 Å². The molecule has 1 rings (SSSR count). The summed E-state index contributed by atoms with van der Waals surface area (Å²) in [7, 11) is 0. The highest BCUT2D eigenvalue weighted by molar-refractivity contribution is 5.30. The van der Waals surface area contributed by atoms with Crippen molar-refractivity contribution in [3.63, 3.8) is 0 Å². The van der Waals surface area contributed by atoms with E-state index in [0.29, 0.717) is 0 Å². The zero-order valence-corrected chi connectivity index (χ0v) is 5.98. The molecule has 0 aromatic carbocycles. The van der Waals surface area contributed by atoms with Crippen LogP contribution in [0.3, 0.4) is 0 Å². The van der Waals surface area contributed by atoms with Gasteiger partial charge in [-0.3, -0.25) is 0 Å². The van der Waals surface area contributed by atoms with E-state index in [4.69, 9.17) is 0 Å². The summed E-state index contributed by atoms with van der Waals surface area (Å²) >= 11 is 0. The van der Waals surface area contributed by atoms with Crippen molar-refractivity contribution in [3.05, 3.63) is 36.7 Å². The van der Waals surface area contributed by atoms with Crippen LogP contribution >= 0.6 is 0 Å². The average Bonchev–Trinajstić information content (AvgIpc) is 2.04. The molecule has 0 aromatic heterocycles. The lowest BCUT2D eigenvalue weighted by atomic mass is 10.2. The second-order valence-corrected chi connectivity index (χ2v) is 2.09. The first-order valence-corrected chi connectivity index (χ1v) is 3.35. The fraction of sp³-hybridized carbons (Fsp3) is 0.250. The number of rotatable bonds is 2. The van der Waals surface area contributed by atoms with Gasteiger partial charge in [-0.1, -0.05) is 13.2 Å². The standard InChI is InChI=1S/C8H12N2/c1-3-7-8(4-2)10-6-5-9-7/h3-4,9-10H,1-2,5-6H2. The van der Waals surface area contributed by atoms with Gasteiger partial charge in [-0.2, -0.15) is 0 Å². The average molecular weight is 136 g/mol. The lowest BCUT2D eigenvalue weighted by Gasteiger charge is -2.19. The number of allylic oxidation sites excluding steroid dienone is 2. The van der Waals surface area contributed by atoms with Gasteiger partial charge in [0.05, 0.1) is 11.4 Å². The topological polar surface area (TPSA) is 24.1 Å². The van der Waals surface area contributed by atoms with Crippen LogP contribution in [0.1, 0.15) is 0 Å². The van der Waals surface area contributed by atoms with Crippen LogP contribution in [0.15, 0.2) is 36.7 Å². The fourth-order valence-electron chi connectivity index (χ4n) is 0.949.